The first-order valence-electron chi connectivity index (χ1n) is 6.38. The molecule has 17 heavy (non-hydrogen) atoms. The molecule has 0 spiro atoms. The zero-order chi connectivity index (χ0) is 11.8. The Hall–Kier alpha value is -1.35. The molecule has 1 N–H and O–H groups in total. The summed E-state index contributed by atoms with van der Waals surface area (Å²) < 4.78 is 0. The van der Waals surface area contributed by atoms with Crippen LogP contribution in [0.1, 0.15) is 24.0 Å². The fourth-order valence-corrected chi connectivity index (χ4v) is 2.94. The average Bonchev–Trinajstić information content (AvgIpc) is 2.65. The van der Waals surface area contributed by atoms with Crippen molar-refractivity contribution in [1.82, 2.24) is 5.32 Å². The third-order valence-corrected chi connectivity index (χ3v) is 3.78. The molecule has 2 aliphatic rings. The molecule has 1 aromatic carbocycles. The van der Waals surface area contributed by atoms with Crippen molar-refractivity contribution in [2.24, 2.45) is 0 Å². The van der Waals surface area contributed by atoms with Crippen molar-refractivity contribution < 1.29 is 4.79 Å². The second kappa shape index (κ2) is 4.15. The van der Waals surface area contributed by atoms with E-state index in [0.717, 1.165) is 31.6 Å². The van der Waals surface area contributed by atoms with Gasteiger partial charge in [-0.05, 0) is 44.5 Å². The molecule has 1 aromatic rings. The molecule has 3 heteroatoms. The molecule has 0 unspecified atom stereocenters. The molecule has 1 amide bonds. The first kappa shape index (κ1) is 10.8. The Morgan fingerprint density at radius 3 is 2.82 bits per heavy atom. The number of benzene rings is 1. The van der Waals surface area contributed by atoms with E-state index in [-0.39, 0.29) is 5.91 Å². The van der Waals surface area contributed by atoms with Crippen LogP contribution in [-0.4, -0.2) is 25.0 Å². The van der Waals surface area contributed by atoms with Crippen molar-refractivity contribution in [3.63, 3.8) is 0 Å². The number of piperidine rings is 1. The molecule has 3 rings (SSSR count). The minimum absolute atomic E-state index is 0.275. The summed E-state index contributed by atoms with van der Waals surface area (Å²) >= 11 is 0. The van der Waals surface area contributed by atoms with Gasteiger partial charge in [-0.25, -0.2) is 0 Å². The van der Waals surface area contributed by atoms with Gasteiger partial charge in [0.2, 0.25) is 5.91 Å². The fraction of sp³-hybridized carbons (Fsp3) is 0.500. The molecule has 90 valence electrons. The maximum atomic E-state index is 12.1. The number of nitrogens with one attached hydrogen (secondary N) is 1. The first-order valence-corrected chi connectivity index (χ1v) is 6.38. The predicted molar refractivity (Wildman–Crippen MR) is 68.3 cm³/mol. The lowest BCUT2D eigenvalue weighted by molar-refractivity contribution is -0.117. The molecule has 0 radical (unpaired) electrons. The van der Waals surface area contributed by atoms with Gasteiger partial charge in [-0.1, -0.05) is 17.7 Å². The number of fused-ring (bicyclic) bond motifs is 1. The summed E-state index contributed by atoms with van der Waals surface area (Å²) in [4.78, 5) is 14.2. The van der Waals surface area contributed by atoms with Crippen molar-refractivity contribution in [3.8, 4) is 0 Å². The van der Waals surface area contributed by atoms with Crippen LogP contribution in [-0.2, 0) is 11.2 Å². The van der Waals surface area contributed by atoms with Crippen LogP contribution in [0.3, 0.4) is 0 Å². The second-order valence-electron chi connectivity index (χ2n) is 5.05. The van der Waals surface area contributed by atoms with Crippen LogP contribution >= 0.6 is 0 Å². The molecule has 1 fully saturated rings. The Kier molecular flexibility index (Phi) is 2.63. The van der Waals surface area contributed by atoms with E-state index >= 15 is 0 Å². The van der Waals surface area contributed by atoms with Gasteiger partial charge in [0.25, 0.3) is 0 Å². The number of aryl methyl sites for hydroxylation is 1. The van der Waals surface area contributed by atoms with Gasteiger partial charge < -0.3 is 10.2 Å². The van der Waals surface area contributed by atoms with Crippen molar-refractivity contribution in [1.29, 1.82) is 0 Å². The maximum Gasteiger partial charge on any atom is 0.231 e. The number of rotatable bonds is 1. The lowest BCUT2D eigenvalue weighted by Gasteiger charge is -2.32. The van der Waals surface area contributed by atoms with Crippen molar-refractivity contribution in [2.45, 2.75) is 32.2 Å². The molecule has 1 saturated heterocycles. The van der Waals surface area contributed by atoms with Crippen molar-refractivity contribution in [2.75, 3.05) is 18.0 Å². The highest BCUT2D eigenvalue weighted by atomic mass is 16.2. The summed E-state index contributed by atoms with van der Waals surface area (Å²) in [5.41, 5.74) is 3.59. The summed E-state index contributed by atoms with van der Waals surface area (Å²) in [5, 5.41) is 3.35. The number of carbonyl (C=O) groups is 1. The Morgan fingerprint density at radius 1 is 1.29 bits per heavy atom. The Morgan fingerprint density at radius 2 is 2.06 bits per heavy atom. The van der Waals surface area contributed by atoms with E-state index in [2.05, 4.69) is 30.4 Å². The number of anilines is 1. The van der Waals surface area contributed by atoms with Gasteiger partial charge >= 0.3 is 0 Å². The predicted octanol–water partition coefficient (Wildman–Crippen LogP) is 1.64. The topological polar surface area (TPSA) is 32.3 Å². The fourth-order valence-electron chi connectivity index (χ4n) is 2.94. The van der Waals surface area contributed by atoms with Crippen molar-refractivity contribution in [3.05, 3.63) is 29.3 Å². The third kappa shape index (κ3) is 1.84. The quantitative estimate of drug-likeness (QED) is 0.795. The van der Waals surface area contributed by atoms with E-state index in [4.69, 9.17) is 0 Å². The number of hydrogen-bond donors (Lipinski definition) is 1. The molecule has 0 bridgehead atoms. The monoisotopic (exact) mass is 230 g/mol. The number of nitrogens with zero attached hydrogens (tertiary/aromatic N) is 1. The van der Waals surface area contributed by atoms with Gasteiger partial charge in [0.15, 0.2) is 0 Å². The van der Waals surface area contributed by atoms with Crippen LogP contribution in [0.2, 0.25) is 0 Å². The van der Waals surface area contributed by atoms with Crippen LogP contribution in [0.25, 0.3) is 0 Å². The van der Waals surface area contributed by atoms with E-state index < -0.39 is 0 Å². The van der Waals surface area contributed by atoms with E-state index in [1.807, 2.05) is 4.90 Å². The molecule has 0 aliphatic carbocycles. The second-order valence-corrected chi connectivity index (χ2v) is 5.05. The molecule has 2 aliphatic heterocycles. The van der Waals surface area contributed by atoms with Gasteiger partial charge in [0.05, 0.1) is 6.42 Å². The zero-order valence-corrected chi connectivity index (χ0v) is 10.2. The van der Waals surface area contributed by atoms with E-state index in [9.17, 15) is 4.79 Å². The third-order valence-electron chi connectivity index (χ3n) is 3.78. The van der Waals surface area contributed by atoms with Gasteiger partial charge in [0.1, 0.15) is 0 Å². The lowest BCUT2D eigenvalue weighted by Crippen LogP contribution is -2.44. The molecular weight excluding hydrogens is 212 g/mol. The SMILES string of the molecule is Cc1ccc2c(c1)CC(=O)N2C1CCNCC1. The molecule has 0 atom stereocenters. The smallest absolute Gasteiger partial charge is 0.231 e. The first-order chi connectivity index (χ1) is 8.25. The molecule has 3 nitrogen and oxygen atoms in total. The highest BCUT2D eigenvalue weighted by Gasteiger charge is 2.33. The van der Waals surface area contributed by atoms with Crippen molar-refractivity contribution >= 4 is 11.6 Å². The van der Waals surface area contributed by atoms with E-state index in [1.165, 1.54) is 11.1 Å². The molecule has 0 aromatic heterocycles. The standard InChI is InChI=1S/C14H18N2O/c1-10-2-3-13-11(8-10)9-14(17)16(13)12-4-6-15-7-5-12/h2-3,8,12,15H,4-7,9H2,1H3. The average molecular weight is 230 g/mol. The van der Waals surface area contributed by atoms with Crippen LogP contribution < -0.4 is 10.2 Å². The molecule has 0 saturated carbocycles. The van der Waals surface area contributed by atoms with Crippen LogP contribution in [0.15, 0.2) is 18.2 Å². The minimum Gasteiger partial charge on any atom is -0.317 e. The zero-order valence-electron chi connectivity index (χ0n) is 10.2. The Bertz CT molecular complexity index is 450. The number of hydrogen-bond acceptors (Lipinski definition) is 2. The van der Waals surface area contributed by atoms with Gasteiger partial charge in [-0.3, -0.25) is 4.79 Å². The highest BCUT2D eigenvalue weighted by molar-refractivity contribution is 6.02. The summed E-state index contributed by atoms with van der Waals surface area (Å²) in [6, 6.07) is 6.75. The Labute approximate surface area is 102 Å². The summed E-state index contributed by atoms with van der Waals surface area (Å²) in [6.45, 7) is 4.13. The van der Waals surface area contributed by atoms with Crippen LogP contribution in [0, 0.1) is 6.92 Å². The largest absolute Gasteiger partial charge is 0.317 e. The van der Waals surface area contributed by atoms with Gasteiger partial charge in [-0.15, -0.1) is 0 Å². The number of carbonyl (C=O) groups excluding carboxylic acids is 1. The summed E-state index contributed by atoms with van der Waals surface area (Å²) in [6.07, 6.45) is 2.72. The molecule has 2 heterocycles. The summed E-state index contributed by atoms with van der Waals surface area (Å²) in [5.74, 6) is 0.275. The summed E-state index contributed by atoms with van der Waals surface area (Å²) in [7, 11) is 0. The van der Waals surface area contributed by atoms with E-state index in [1.54, 1.807) is 0 Å². The van der Waals surface area contributed by atoms with E-state index in [0.29, 0.717) is 12.5 Å². The molecular formula is C14H18N2O. The van der Waals surface area contributed by atoms with Crippen LogP contribution in [0.5, 0.6) is 0 Å². The van der Waals surface area contributed by atoms with Gasteiger partial charge in [0, 0.05) is 11.7 Å². The highest BCUT2D eigenvalue weighted by Crippen LogP contribution is 2.33. The minimum atomic E-state index is 0.275. The van der Waals surface area contributed by atoms with Gasteiger partial charge in [-0.2, -0.15) is 0 Å². The lowest BCUT2D eigenvalue weighted by atomic mass is 10.0. The maximum absolute atomic E-state index is 12.1. The Balaban J connectivity index is 1.93. The normalized spacial score (nSPS) is 20.8. The van der Waals surface area contributed by atoms with Crippen LogP contribution in [0.4, 0.5) is 5.69 Å². The number of amides is 1.